The van der Waals surface area contributed by atoms with Gasteiger partial charge in [-0.1, -0.05) is 72.9 Å². The summed E-state index contributed by atoms with van der Waals surface area (Å²) in [5.74, 6) is 0. The third-order valence-electron chi connectivity index (χ3n) is 4.60. The van der Waals surface area contributed by atoms with Crippen molar-refractivity contribution in [1.82, 2.24) is 19.6 Å². The van der Waals surface area contributed by atoms with E-state index in [9.17, 15) is 0 Å². The number of pyridine rings is 1. The Labute approximate surface area is 165 Å². The van der Waals surface area contributed by atoms with Crippen LogP contribution in [0.2, 0.25) is 0 Å². The Morgan fingerprint density at radius 3 is 2.11 bits per heavy atom. The summed E-state index contributed by atoms with van der Waals surface area (Å²) in [6.07, 6.45) is 0. The molecule has 0 saturated carbocycles. The van der Waals surface area contributed by atoms with E-state index in [1.165, 1.54) is 0 Å². The molecule has 4 nitrogen and oxygen atoms in total. The fourth-order valence-electron chi connectivity index (χ4n) is 3.37. The molecule has 3 heterocycles. The molecule has 0 aliphatic heterocycles. The van der Waals surface area contributed by atoms with E-state index in [1.54, 1.807) is 0 Å². The van der Waals surface area contributed by atoms with Crippen molar-refractivity contribution in [2.24, 2.45) is 0 Å². The zero-order valence-corrected chi connectivity index (χ0v) is 15.8. The van der Waals surface area contributed by atoms with E-state index in [4.69, 9.17) is 29.5 Å². The van der Waals surface area contributed by atoms with Gasteiger partial charge in [-0.25, -0.2) is 4.52 Å². The van der Waals surface area contributed by atoms with Crippen LogP contribution in [0.25, 0.3) is 38.9 Å². The molecule has 130 valence electrons. The van der Waals surface area contributed by atoms with E-state index < -0.39 is 0 Å². The van der Waals surface area contributed by atoms with Crippen LogP contribution in [0.3, 0.4) is 0 Å². The highest BCUT2D eigenvalue weighted by atomic mass is 32.1. The largest absolute Gasteiger partial charge is 0.323 e. The number of H-pyrrole nitrogens is 2. The van der Waals surface area contributed by atoms with Gasteiger partial charge in [0, 0.05) is 5.56 Å². The smallest absolute Gasteiger partial charge is 0.177 e. The monoisotopic (exact) mass is 386 g/mol. The molecule has 27 heavy (non-hydrogen) atoms. The summed E-state index contributed by atoms with van der Waals surface area (Å²) in [4.78, 5) is 6.15. The van der Waals surface area contributed by atoms with Crippen LogP contribution in [-0.4, -0.2) is 19.6 Å². The number of hydrogen-bond donors (Lipinski definition) is 2. The quantitative estimate of drug-likeness (QED) is 0.369. The number of rotatable bonds is 2. The van der Waals surface area contributed by atoms with Crippen molar-refractivity contribution >= 4 is 41.0 Å². The molecule has 3 aromatic heterocycles. The van der Waals surface area contributed by atoms with Gasteiger partial charge < -0.3 is 9.97 Å². The van der Waals surface area contributed by atoms with Crippen LogP contribution in [0.1, 0.15) is 0 Å². The van der Waals surface area contributed by atoms with Crippen molar-refractivity contribution in [2.45, 2.75) is 0 Å². The Morgan fingerprint density at radius 1 is 0.741 bits per heavy atom. The Hall–Kier alpha value is -3.09. The van der Waals surface area contributed by atoms with Gasteiger partial charge in [-0.15, -0.1) is 5.10 Å². The first kappa shape index (κ1) is 16.1. The summed E-state index contributed by atoms with van der Waals surface area (Å²) in [5.41, 5.74) is 5.97. The second kappa shape index (κ2) is 6.26. The summed E-state index contributed by atoms with van der Waals surface area (Å²) in [6, 6.07) is 24.8. The molecule has 0 aliphatic carbocycles. The molecular weight excluding hydrogens is 372 g/mol. The highest BCUT2D eigenvalue weighted by molar-refractivity contribution is 7.72. The van der Waals surface area contributed by atoms with Crippen molar-refractivity contribution < 1.29 is 0 Å². The van der Waals surface area contributed by atoms with Crippen molar-refractivity contribution in [3.8, 4) is 22.4 Å². The predicted octanol–water partition coefficient (Wildman–Crippen LogP) is 5.94. The van der Waals surface area contributed by atoms with E-state index in [1.807, 2.05) is 40.9 Å². The van der Waals surface area contributed by atoms with Gasteiger partial charge in [0.05, 0.1) is 16.6 Å². The Bertz CT molecular complexity index is 1400. The van der Waals surface area contributed by atoms with Crippen molar-refractivity contribution in [2.75, 3.05) is 0 Å². The molecule has 0 amide bonds. The number of hydrogen-bond acceptors (Lipinski definition) is 3. The van der Waals surface area contributed by atoms with E-state index in [0.717, 1.165) is 33.3 Å². The van der Waals surface area contributed by atoms with E-state index in [-0.39, 0.29) is 0 Å². The lowest BCUT2D eigenvalue weighted by atomic mass is 10.0. The number of benzene rings is 2. The summed E-state index contributed by atoms with van der Waals surface area (Å²) in [7, 11) is 0. The molecule has 0 unspecified atom stereocenters. The maximum atomic E-state index is 5.55. The number of fused-ring (bicyclic) bond motifs is 3. The molecule has 0 atom stereocenters. The molecule has 0 aliphatic rings. The fraction of sp³-hybridized carbons (Fsp3) is 0. The first-order valence-electron chi connectivity index (χ1n) is 8.51. The van der Waals surface area contributed by atoms with Gasteiger partial charge in [0.1, 0.15) is 4.64 Å². The maximum absolute atomic E-state index is 5.55. The second-order valence-corrected chi connectivity index (χ2v) is 7.11. The van der Waals surface area contributed by atoms with E-state index >= 15 is 0 Å². The molecular formula is C21H14N4S2. The third kappa shape index (κ3) is 2.70. The lowest BCUT2D eigenvalue weighted by Gasteiger charge is -2.09. The van der Waals surface area contributed by atoms with Gasteiger partial charge in [0.15, 0.2) is 10.4 Å². The first-order valence-corrected chi connectivity index (χ1v) is 9.32. The standard InChI is InChI=1S/C21H14N4S2/c26-20-18-17-12-15(13-7-3-1-4-8-13)11-16(14-9-5-2-6-10-14)25(17)24-19(18)22-21(27)23-20/h1-12H,(H2,22,23,24,26,27). The topological polar surface area (TPSA) is 48.9 Å². The number of nitrogens with zero attached hydrogens (tertiary/aromatic N) is 2. The highest BCUT2D eigenvalue weighted by Gasteiger charge is 2.14. The maximum Gasteiger partial charge on any atom is 0.177 e. The van der Waals surface area contributed by atoms with Crippen LogP contribution in [-0.2, 0) is 0 Å². The third-order valence-corrected chi connectivity index (χ3v) is 5.11. The Morgan fingerprint density at radius 2 is 1.41 bits per heavy atom. The second-order valence-electron chi connectivity index (χ2n) is 6.29. The summed E-state index contributed by atoms with van der Waals surface area (Å²) < 4.78 is 3.00. The minimum absolute atomic E-state index is 0.473. The van der Waals surface area contributed by atoms with Crippen LogP contribution in [0, 0.1) is 9.41 Å². The zero-order valence-electron chi connectivity index (χ0n) is 14.1. The minimum Gasteiger partial charge on any atom is -0.323 e. The van der Waals surface area contributed by atoms with Gasteiger partial charge in [0.25, 0.3) is 0 Å². The minimum atomic E-state index is 0.473. The molecule has 0 radical (unpaired) electrons. The molecule has 0 spiro atoms. The van der Waals surface area contributed by atoms with Gasteiger partial charge in [-0.2, -0.15) is 0 Å². The van der Waals surface area contributed by atoms with Gasteiger partial charge in [-0.05, 0) is 35.5 Å². The summed E-state index contributed by atoms with van der Waals surface area (Å²) >= 11 is 10.8. The molecule has 0 fully saturated rings. The van der Waals surface area contributed by atoms with Crippen molar-refractivity contribution in [3.05, 3.63) is 82.2 Å². The predicted molar refractivity (Wildman–Crippen MR) is 114 cm³/mol. The average molecular weight is 387 g/mol. The molecule has 0 bridgehead atoms. The van der Waals surface area contributed by atoms with Crippen LogP contribution in [0.5, 0.6) is 0 Å². The van der Waals surface area contributed by atoms with Gasteiger partial charge in [0.2, 0.25) is 0 Å². The summed E-state index contributed by atoms with van der Waals surface area (Å²) in [6.45, 7) is 0. The van der Waals surface area contributed by atoms with E-state index in [2.05, 4.69) is 46.4 Å². The zero-order chi connectivity index (χ0) is 18.4. The number of aromatic amines is 2. The van der Waals surface area contributed by atoms with Crippen LogP contribution < -0.4 is 0 Å². The van der Waals surface area contributed by atoms with Crippen LogP contribution in [0.4, 0.5) is 0 Å². The number of nitrogens with one attached hydrogen (secondary N) is 2. The Balaban J connectivity index is 1.96. The Kier molecular flexibility index (Phi) is 3.74. The normalized spacial score (nSPS) is 11.3. The lowest BCUT2D eigenvalue weighted by molar-refractivity contribution is 0.975. The fourth-order valence-corrected chi connectivity index (χ4v) is 3.94. The van der Waals surface area contributed by atoms with Crippen molar-refractivity contribution in [1.29, 1.82) is 0 Å². The van der Waals surface area contributed by atoms with Gasteiger partial charge >= 0.3 is 0 Å². The SMILES string of the molecule is S=c1[nH]c(=S)c2c(nn3c(-c4ccccc4)cc(-c4ccccc4)cc23)[nH]1. The number of aromatic nitrogens is 4. The molecule has 5 rings (SSSR count). The van der Waals surface area contributed by atoms with E-state index in [0.29, 0.717) is 15.1 Å². The molecule has 2 aromatic carbocycles. The molecule has 2 N–H and O–H groups in total. The lowest BCUT2D eigenvalue weighted by Crippen LogP contribution is -1.95. The molecule has 0 saturated heterocycles. The van der Waals surface area contributed by atoms with Crippen LogP contribution in [0.15, 0.2) is 72.8 Å². The van der Waals surface area contributed by atoms with Crippen molar-refractivity contribution in [3.63, 3.8) is 0 Å². The van der Waals surface area contributed by atoms with Gasteiger partial charge in [-0.3, -0.25) is 0 Å². The molecule has 6 heteroatoms. The van der Waals surface area contributed by atoms with Crippen LogP contribution >= 0.6 is 24.4 Å². The average Bonchev–Trinajstić information content (AvgIpc) is 3.07. The highest BCUT2D eigenvalue weighted by Crippen LogP contribution is 2.31. The first-order chi connectivity index (χ1) is 13.2. The summed E-state index contributed by atoms with van der Waals surface area (Å²) in [5, 5.41) is 5.62. The molecule has 5 aromatic rings.